The van der Waals surface area contributed by atoms with Crippen LogP contribution in [0.4, 0.5) is 4.79 Å². The first-order valence-electron chi connectivity index (χ1n) is 8.33. The molecule has 0 aliphatic heterocycles. The summed E-state index contributed by atoms with van der Waals surface area (Å²) in [4.78, 5) is 11.4. The molecule has 0 spiro atoms. The average Bonchev–Trinajstić information content (AvgIpc) is 2.44. The lowest BCUT2D eigenvalue weighted by Crippen LogP contribution is -2.42. The molecule has 0 fully saturated rings. The van der Waals surface area contributed by atoms with E-state index in [4.69, 9.17) is 11.6 Å². The van der Waals surface area contributed by atoms with E-state index in [1.165, 1.54) is 51.9 Å². The monoisotopic (exact) mass is 354 g/mol. The van der Waals surface area contributed by atoms with E-state index in [0.717, 1.165) is 19.3 Å². The van der Waals surface area contributed by atoms with Crippen LogP contribution in [0.15, 0.2) is 0 Å². The number of unbranched alkanes of at least 4 members (excludes halogenated alkanes) is 9. The molecule has 0 radical (unpaired) electrons. The van der Waals surface area contributed by atoms with Gasteiger partial charge in [-0.3, -0.25) is 0 Å². The summed E-state index contributed by atoms with van der Waals surface area (Å²) >= 11 is 5.46. The summed E-state index contributed by atoms with van der Waals surface area (Å²) in [5.74, 6) is 0. The molecule has 0 aliphatic carbocycles. The molecular weight excluding hydrogens is 324 g/mol. The Kier molecular flexibility index (Phi) is 12.7. The molecule has 132 valence electrons. The van der Waals surface area contributed by atoms with Crippen LogP contribution in [-0.2, 0) is 10.0 Å². The van der Waals surface area contributed by atoms with Gasteiger partial charge in [-0.2, -0.15) is 0 Å². The third-order valence-corrected chi connectivity index (χ3v) is 5.51. The van der Waals surface area contributed by atoms with E-state index in [2.05, 4.69) is 12.2 Å². The third kappa shape index (κ3) is 12.1. The fraction of sp³-hybridized carbons (Fsp3) is 0.933. The number of carbonyl (C=O) groups excluding carboxylic acids is 1. The van der Waals surface area contributed by atoms with Crippen molar-refractivity contribution in [3.05, 3.63) is 0 Å². The molecule has 0 saturated heterocycles. The minimum Gasteiger partial charge on any atom is -0.337 e. The van der Waals surface area contributed by atoms with Crippen LogP contribution >= 0.6 is 11.6 Å². The largest absolute Gasteiger partial charge is 0.337 e. The van der Waals surface area contributed by atoms with Crippen molar-refractivity contribution in [3.63, 3.8) is 0 Å². The van der Waals surface area contributed by atoms with Crippen molar-refractivity contribution in [2.45, 2.75) is 82.8 Å². The summed E-state index contributed by atoms with van der Waals surface area (Å²) in [5.41, 5.74) is 0. The molecule has 0 bridgehead atoms. The van der Waals surface area contributed by atoms with Gasteiger partial charge >= 0.3 is 6.03 Å². The number of urea groups is 1. The fourth-order valence-electron chi connectivity index (χ4n) is 2.06. The maximum absolute atomic E-state index is 11.4. The number of sulfonamides is 1. The van der Waals surface area contributed by atoms with E-state index in [-0.39, 0.29) is 0 Å². The predicted molar refractivity (Wildman–Crippen MR) is 92.6 cm³/mol. The Morgan fingerprint density at radius 1 is 0.955 bits per heavy atom. The van der Waals surface area contributed by atoms with Gasteiger partial charge in [0.25, 0.3) is 10.0 Å². The Morgan fingerprint density at radius 3 is 1.86 bits per heavy atom. The van der Waals surface area contributed by atoms with Crippen LogP contribution in [0, 0.1) is 0 Å². The van der Waals surface area contributed by atoms with Gasteiger partial charge < -0.3 is 5.32 Å². The molecule has 0 rings (SSSR count). The highest BCUT2D eigenvalue weighted by atomic mass is 35.5. The maximum Gasteiger partial charge on any atom is 0.328 e. The Morgan fingerprint density at radius 2 is 1.41 bits per heavy atom. The zero-order valence-electron chi connectivity index (χ0n) is 13.9. The quantitative estimate of drug-likeness (QED) is 0.386. The van der Waals surface area contributed by atoms with Gasteiger partial charge in [-0.15, -0.1) is 11.6 Å². The number of hydrogen-bond acceptors (Lipinski definition) is 3. The van der Waals surface area contributed by atoms with Crippen LogP contribution in [0.2, 0.25) is 0 Å². The molecule has 2 N–H and O–H groups in total. The smallest absolute Gasteiger partial charge is 0.328 e. The Balaban J connectivity index is 3.41. The molecule has 2 amide bonds. The highest BCUT2D eigenvalue weighted by Crippen LogP contribution is 2.10. The highest BCUT2D eigenvalue weighted by Gasteiger charge is 2.20. The number of hydrogen-bond donors (Lipinski definition) is 2. The standard InChI is InChI=1S/C15H31ClN2O3S/c1-3-4-5-6-7-8-9-10-11-12-13-17-15(19)18-22(20,21)14(2)16/h14H,3-13H2,1-2H3,(H2,17,18,19). The van der Waals surface area contributed by atoms with Crippen LogP contribution < -0.4 is 10.0 Å². The summed E-state index contributed by atoms with van der Waals surface area (Å²) < 4.78 is 23.4. The van der Waals surface area contributed by atoms with Gasteiger partial charge in [0, 0.05) is 6.54 Å². The molecule has 22 heavy (non-hydrogen) atoms. The number of alkyl halides is 1. The van der Waals surface area contributed by atoms with Crippen LogP contribution in [0.5, 0.6) is 0 Å². The van der Waals surface area contributed by atoms with Crippen molar-refractivity contribution in [1.29, 1.82) is 0 Å². The molecule has 0 saturated carbocycles. The minimum atomic E-state index is -3.76. The van der Waals surface area contributed by atoms with Gasteiger partial charge in [0.15, 0.2) is 4.71 Å². The number of nitrogens with one attached hydrogen (secondary N) is 2. The molecule has 0 heterocycles. The van der Waals surface area contributed by atoms with Crippen LogP contribution in [-0.4, -0.2) is 25.7 Å². The van der Waals surface area contributed by atoms with E-state index in [1.54, 1.807) is 0 Å². The zero-order chi connectivity index (χ0) is 16.8. The van der Waals surface area contributed by atoms with Crippen LogP contribution in [0.1, 0.15) is 78.1 Å². The molecule has 0 aromatic carbocycles. The lowest BCUT2D eigenvalue weighted by Gasteiger charge is -2.09. The van der Waals surface area contributed by atoms with E-state index < -0.39 is 20.8 Å². The molecule has 0 aliphatic rings. The van der Waals surface area contributed by atoms with Gasteiger partial charge in [0.2, 0.25) is 0 Å². The topological polar surface area (TPSA) is 75.3 Å². The Bertz CT molecular complexity index is 386. The molecular formula is C15H31ClN2O3S. The van der Waals surface area contributed by atoms with E-state index in [1.807, 2.05) is 4.72 Å². The first-order chi connectivity index (χ1) is 10.4. The molecule has 0 aromatic heterocycles. The van der Waals surface area contributed by atoms with E-state index >= 15 is 0 Å². The van der Waals surface area contributed by atoms with Crippen molar-refractivity contribution in [2.75, 3.05) is 6.54 Å². The van der Waals surface area contributed by atoms with Gasteiger partial charge in [0.1, 0.15) is 0 Å². The molecule has 1 unspecified atom stereocenters. The number of amides is 2. The summed E-state index contributed by atoms with van der Waals surface area (Å²) in [6.07, 6.45) is 12.2. The summed E-state index contributed by atoms with van der Waals surface area (Å²) in [5, 5.41) is 2.53. The van der Waals surface area contributed by atoms with Crippen LogP contribution in [0.25, 0.3) is 0 Å². The number of rotatable bonds is 13. The Labute approximate surface area is 140 Å². The third-order valence-electron chi connectivity index (χ3n) is 3.48. The van der Waals surface area contributed by atoms with Crippen LogP contribution in [0.3, 0.4) is 0 Å². The van der Waals surface area contributed by atoms with Crippen molar-refractivity contribution < 1.29 is 13.2 Å². The number of carbonyl (C=O) groups is 1. The first-order valence-corrected chi connectivity index (χ1v) is 10.3. The zero-order valence-corrected chi connectivity index (χ0v) is 15.4. The molecule has 0 aromatic rings. The van der Waals surface area contributed by atoms with Gasteiger partial charge in [-0.1, -0.05) is 64.7 Å². The van der Waals surface area contributed by atoms with Gasteiger partial charge in [0.05, 0.1) is 0 Å². The number of halogens is 1. The second-order valence-electron chi connectivity index (χ2n) is 5.63. The van der Waals surface area contributed by atoms with Crippen molar-refractivity contribution in [3.8, 4) is 0 Å². The molecule has 5 nitrogen and oxygen atoms in total. The van der Waals surface area contributed by atoms with E-state index in [0.29, 0.717) is 6.54 Å². The highest BCUT2D eigenvalue weighted by molar-refractivity contribution is 7.91. The molecule has 1 atom stereocenters. The second kappa shape index (κ2) is 13.0. The van der Waals surface area contributed by atoms with Crippen molar-refractivity contribution >= 4 is 27.7 Å². The SMILES string of the molecule is CCCCCCCCCCCCNC(=O)NS(=O)(=O)C(C)Cl. The maximum atomic E-state index is 11.4. The van der Waals surface area contributed by atoms with E-state index in [9.17, 15) is 13.2 Å². The minimum absolute atomic E-state index is 0.481. The summed E-state index contributed by atoms with van der Waals surface area (Å²) in [6.45, 7) is 4.01. The molecule has 7 heteroatoms. The normalized spacial score (nSPS) is 12.9. The van der Waals surface area contributed by atoms with Crippen molar-refractivity contribution in [2.24, 2.45) is 0 Å². The summed E-state index contributed by atoms with van der Waals surface area (Å²) in [6, 6.07) is -0.705. The lowest BCUT2D eigenvalue weighted by molar-refractivity contribution is 0.245. The van der Waals surface area contributed by atoms with Gasteiger partial charge in [-0.05, 0) is 13.3 Å². The lowest BCUT2D eigenvalue weighted by atomic mass is 10.1. The Hall–Kier alpha value is -0.490. The fourth-order valence-corrected chi connectivity index (χ4v) is 2.69. The summed E-state index contributed by atoms with van der Waals surface area (Å²) in [7, 11) is -3.76. The second-order valence-corrected chi connectivity index (χ2v) is 8.54. The van der Waals surface area contributed by atoms with Crippen molar-refractivity contribution in [1.82, 2.24) is 10.0 Å². The first kappa shape index (κ1) is 21.5. The van der Waals surface area contributed by atoms with Gasteiger partial charge in [-0.25, -0.2) is 17.9 Å². The predicted octanol–water partition coefficient (Wildman–Crippen LogP) is 4.12. The average molecular weight is 355 g/mol.